The van der Waals surface area contributed by atoms with E-state index in [1.165, 1.54) is 0 Å². The number of benzene rings is 2. The van der Waals surface area contributed by atoms with Crippen LogP contribution in [0.1, 0.15) is 35.2 Å². The molecule has 0 aliphatic rings. The highest BCUT2D eigenvalue weighted by atomic mass is 16.5. The molecule has 0 fully saturated rings. The summed E-state index contributed by atoms with van der Waals surface area (Å²) in [6, 6.07) is 17.9. The number of methoxy groups -OCH3 is 1. The summed E-state index contributed by atoms with van der Waals surface area (Å²) in [6.07, 6.45) is 0.0351. The molecule has 0 spiro atoms. The second-order valence-corrected chi connectivity index (χ2v) is 5.73. The fourth-order valence-corrected chi connectivity index (χ4v) is 2.76. The third kappa shape index (κ3) is 4.70. The normalized spacial score (nSPS) is 12.5. The number of hydrogen-bond acceptors (Lipinski definition) is 5. The minimum atomic E-state index is -1.06. The minimum Gasteiger partial charge on any atom is -0.497 e. The minimum absolute atomic E-state index is 0.0351. The van der Waals surface area contributed by atoms with Crippen LogP contribution in [0, 0.1) is 17.2 Å². The molecule has 0 aromatic heterocycles. The smallest absolute Gasteiger partial charge is 0.323 e. The molecule has 5 nitrogen and oxygen atoms in total. The van der Waals surface area contributed by atoms with Gasteiger partial charge < -0.3 is 9.47 Å². The van der Waals surface area contributed by atoms with Gasteiger partial charge in [-0.2, -0.15) is 5.26 Å². The number of carbonyl (C=O) groups is 2. The quantitative estimate of drug-likeness (QED) is 0.535. The average Bonchev–Trinajstić information content (AvgIpc) is 2.68. The number of hydrogen-bond donors (Lipinski definition) is 0. The molecule has 0 aliphatic heterocycles. The zero-order valence-corrected chi connectivity index (χ0v) is 14.8. The predicted molar refractivity (Wildman–Crippen MR) is 96.9 cm³/mol. The highest BCUT2D eigenvalue weighted by Crippen LogP contribution is 2.31. The lowest BCUT2D eigenvalue weighted by molar-refractivity contribution is -0.146. The average molecular weight is 351 g/mol. The van der Waals surface area contributed by atoms with Crippen LogP contribution in [0.5, 0.6) is 5.75 Å². The Balaban J connectivity index is 2.35. The number of nitrogens with zero attached hydrogens (tertiary/aromatic N) is 1. The summed E-state index contributed by atoms with van der Waals surface area (Å²) < 4.78 is 10.2. The Labute approximate surface area is 153 Å². The molecule has 2 unspecified atom stereocenters. The van der Waals surface area contributed by atoms with Crippen LogP contribution in [0.4, 0.5) is 0 Å². The summed E-state index contributed by atoms with van der Waals surface area (Å²) in [7, 11) is 1.56. The van der Waals surface area contributed by atoms with Gasteiger partial charge >= 0.3 is 5.97 Å². The van der Waals surface area contributed by atoms with Crippen molar-refractivity contribution in [1.82, 2.24) is 0 Å². The fourth-order valence-electron chi connectivity index (χ4n) is 2.76. The molecule has 0 saturated carbocycles. The van der Waals surface area contributed by atoms with Crippen molar-refractivity contribution < 1.29 is 19.1 Å². The summed E-state index contributed by atoms with van der Waals surface area (Å²) in [5, 5.41) is 9.55. The van der Waals surface area contributed by atoms with E-state index in [0.29, 0.717) is 11.3 Å². The van der Waals surface area contributed by atoms with E-state index in [0.717, 1.165) is 5.56 Å². The van der Waals surface area contributed by atoms with Crippen LogP contribution in [0.25, 0.3) is 0 Å². The van der Waals surface area contributed by atoms with Crippen LogP contribution in [0.2, 0.25) is 0 Å². The van der Waals surface area contributed by atoms with Crippen LogP contribution in [-0.4, -0.2) is 25.5 Å². The van der Waals surface area contributed by atoms with E-state index in [2.05, 4.69) is 0 Å². The first-order chi connectivity index (χ1) is 12.6. The predicted octanol–water partition coefficient (Wildman–Crippen LogP) is 3.75. The van der Waals surface area contributed by atoms with Crippen molar-refractivity contribution in [2.24, 2.45) is 5.92 Å². The van der Waals surface area contributed by atoms with Gasteiger partial charge in [-0.1, -0.05) is 42.5 Å². The monoisotopic (exact) mass is 351 g/mol. The van der Waals surface area contributed by atoms with Crippen molar-refractivity contribution in [3.63, 3.8) is 0 Å². The molecule has 26 heavy (non-hydrogen) atoms. The van der Waals surface area contributed by atoms with E-state index in [4.69, 9.17) is 9.47 Å². The number of ketones is 1. The van der Waals surface area contributed by atoms with Crippen LogP contribution < -0.4 is 4.74 Å². The van der Waals surface area contributed by atoms with Gasteiger partial charge in [-0.3, -0.25) is 9.59 Å². The molecule has 0 aliphatic carbocycles. The Morgan fingerprint density at radius 3 is 2.27 bits per heavy atom. The Kier molecular flexibility index (Phi) is 6.92. The van der Waals surface area contributed by atoms with Gasteiger partial charge in [0.15, 0.2) is 11.7 Å². The molecule has 2 aromatic rings. The summed E-state index contributed by atoms with van der Waals surface area (Å²) in [5.41, 5.74) is 1.27. The Bertz CT molecular complexity index is 778. The van der Waals surface area contributed by atoms with E-state index in [1.807, 2.05) is 12.1 Å². The van der Waals surface area contributed by atoms with E-state index < -0.39 is 17.8 Å². The molecule has 0 radical (unpaired) electrons. The first-order valence-electron chi connectivity index (χ1n) is 8.39. The fraction of sp³-hybridized carbons (Fsp3) is 0.286. The molecule has 2 rings (SSSR count). The van der Waals surface area contributed by atoms with Gasteiger partial charge in [0.1, 0.15) is 5.75 Å². The lowest BCUT2D eigenvalue weighted by atomic mass is 9.82. The number of ether oxygens (including phenoxy) is 2. The Morgan fingerprint density at radius 2 is 1.73 bits per heavy atom. The summed E-state index contributed by atoms with van der Waals surface area (Å²) in [4.78, 5) is 24.9. The van der Waals surface area contributed by atoms with Gasteiger partial charge in [0.2, 0.25) is 0 Å². The van der Waals surface area contributed by atoms with E-state index >= 15 is 0 Å². The highest BCUT2D eigenvalue weighted by molar-refractivity contribution is 5.97. The van der Waals surface area contributed by atoms with Crippen LogP contribution in [0.3, 0.4) is 0 Å². The molecule has 0 heterocycles. The van der Waals surface area contributed by atoms with Crippen molar-refractivity contribution in [2.75, 3.05) is 13.7 Å². The van der Waals surface area contributed by atoms with Crippen LogP contribution >= 0.6 is 0 Å². The standard InChI is InChI=1S/C21H21NO4/c1-3-26-21(24)19(14-22)18(15-9-11-17(25-2)12-10-15)13-20(23)16-7-5-4-6-8-16/h4-12,18-19H,3,13H2,1-2H3. The third-order valence-electron chi connectivity index (χ3n) is 4.13. The van der Waals surface area contributed by atoms with Crippen LogP contribution in [-0.2, 0) is 9.53 Å². The molecule has 2 atom stereocenters. The molecule has 0 bridgehead atoms. The molecule has 134 valence electrons. The zero-order valence-electron chi connectivity index (χ0n) is 14.8. The maximum Gasteiger partial charge on any atom is 0.323 e. The lowest BCUT2D eigenvalue weighted by Crippen LogP contribution is -2.25. The van der Waals surface area contributed by atoms with Crippen molar-refractivity contribution >= 4 is 11.8 Å². The third-order valence-corrected chi connectivity index (χ3v) is 4.13. The molecular formula is C21H21NO4. The van der Waals surface area contributed by atoms with Crippen molar-refractivity contribution in [3.05, 3.63) is 65.7 Å². The summed E-state index contributed by atoms with van der Waals surface area (Å²) in [6.45, 7) is 1.86. The van der Waals surface area contributed by atoms with E-state index in [1.54, 1.807) is 62.6 Å². The largest absolute Gasteiger partial charge is 0.497 e. The van der Waals surface area contributed by atoms with Gasteiger partial charge in [-0.05, 0) is 24.6 Å². The number of carbonyl (C=O) groups excluding carboxylic acids is 2. The summed E-state index contributed by atoms with van der Waals surface area (Å²) >= 11 is 0. The molecular weight excluding hydrogens is 330 g/mol. The number of nitriles is 1. The van der Waals surface area contributed by atoms with Crippen molar-refractivity contribution in [1.29, 1.82) is 5.26 Å². The van der Waals surface area contributed by atoms with Gasteiger partial charge in [-0.25, -0.2) is 0 Å². The second kappa shape index (κ2) is 9.38. The number of Topliss-reactive ketones (excluding diaryl/α,β-unsaturated/α-hetero) is 1. The maximum absolute atomic E-state index is 12.7. The topological polar surface area (TPSA) is 76.4 Å². The maximum atomic E-state index is 12.7. The number of rotatable bonds is 8. The highest BCUT2D eigenvalue weighted by Gasteiger charge is 2.33. The Morgan fingerprint density at radius 1 is 1.08 bits per heavy atom. The number of esters is 1. The van der Waals surface area contributed by atoms with Crippen LogP contribution in [0.15, 0.2) is 54.6 Å². The second-order valence-electron chi connectivity index (χ2n) is 5.73. The molecule has 0 saturated heterocycles. The van der Waals surface area contributed by atoms with Gasteiger partial charge in [0.05, 0.1) is 19.8 Å². The SMILES string of the molecule is CCOC(=O)C(C#N)C(CC(=O)c1ccccc1)c1ccc(OC)cc1. The zero-order chi connectivity index (χ0) is 18.9. The molecule has 0 N–H and O–H groups in total. The van der Waals surface area contributed by atoms with Crippen molar-refractivity contribution in [3.8, 4) is 11.8 Å². The first kappa shape index (κ1) is 19.2. The van der Waals surface area contributed by atoms with Gasteiger partial charge in [0.25, 0.3) is 0 Å². The Hall–Kier alpha value is -3.13. The summed E-state index contributed by atoms with van der Waals surface area (Å²) in [5.74, 6) is -1.74. The van der Waals surface area contributed by atoms with Gasteiger partial charge in [-0.15, -0.1) is 0 Å². The molecule has 0 amide bonds. The first-order valence-corrected chi connectivity index (χ1v) is 8.39. The van der Waals surface area contributed by atoms with E-state index in [-0.39, 0.29) is 18.8 Å². The molecule has 5 heteroatoms. The van der Waals surface area contributed by atoms with E-state index in [9.17, 15) is 14.9 Å². The molecule has 2 aromatic carbocycles. The van der Waals surface area contributed by atoms with Crippen molar-refractivity contribution in [2.45, 2.75) is 19.3 Å². The lowest BCUT2D eigenvalue weighted by Gasteiger charge is -2.21. The van der Waals surface area contributed by atoms with Gasteiger partial charge in [0, 0.05) is 17.9 Å².